The molecule has 29 heavy (non-hydrogen) atoms. The number of nitrogens with one attached hydrogen (secondary N) is 2. The van der Waals surface area contributed by atoms with Crippen LogP contribution in [0, 0.1) is 5.92 Å². The van der Waals surface area contributed by atoms with Gasteiger partial charge in [0.1, 0.15) is 17.5 Å². The van der Waals surface area contributed by atoms with Crippen molar-refractivity contribution in [1.29, 1.82) is 0 Å². The van der Waals surface area contributed by atoms with E-state index in [9.17, 15) is 14.4 Å². The fourth-order valence-corrected chi connectivity index (χ4v) is 5.85. The molecule has 156 valence electrons. The number of nitrogens with zero attached hydrogens (tertiary/aromatic N) is 1. The van der Waals surface area contributed by atoms with Crippen LogP contribution in [0.5, 0.6) is 0 Å². The lowest BCUT2D eigenvalue weighted by Gasteiger charge is -2.32. The van der Waals surface area contributed by atoms with Gasteiger partial charge in [0.2, 0.25) is 11.8 Å². The molecule has 2 fully saturated rings. The van der Waals surface area contributed by atoms with Gasteiger partial charge in [-0.1, -0.05) is 38.5 Å². The van der Waals surface area contributed by atoms with Gasteiger partial charge in [-0.25, -0.2) is 0 Å². The average Bonchev–Trinajstić information content (AvgIpc) is 3.40. The summed E-state index contributed by atoms with van der Waals surface area (Å²) in [5, 5.41) is 5.86. The number of hydrogen-bond acceptors (Lipinski definition) is 4. The van der Waals surface area contributed by atoms with Gasteiger partial charge in [-0.05, 0) is 44.2 Å². The molecule has 1 saturated carbocycles. The maximum Gasteiger partial charge on any atom is 0.256 e. The van der Waals surface area contributed by atoms with Crippen molar-refractivity contribution in [3.8, 4) is 0 Å². The monoisotopic (exact) mass is 415 g/mol. The number of rotatable bonds is 6. The third-order valence-corrected chi connectivity index (χ3v) is 7.80. The summed E-state index contributed by atoms with van der Waals surface area (Å²) in [5.74, 6) is -0.461. The maximum atomic E-state index is 13.4. The molecule has 7 heteroatoms. The lowest BCUT2D eigenvalue weighted by atomic mass is 9.95. The van der Waals surface area contributed by atoms with Crippen LogP contribution in [0.3, 0.4) is 0 Å². The van der Waals surface area contributed by atoms with Gasteiger partial charge < -0.3 is 15.5 Å². The molecule has 0 unspecified atom stereocenters. The molecule has 1 aromatic rings. The predicted molar refractivity (Wildman–Crippen MR) is 113 cm³/mol. The first-order valence-corrected chi connectivity index (χ1v) is 11.3. The van der Waals surface area contributed by atoms with E-state index in [0.717, 1.165) is 24.8 Å². The third-order valence-electron chi connectivity index (χ3n) is 6.26. The lowest BCUT2D eigenvalue weighted by Crippen LogP contribution is -2.58. The molecule has 0 spiro atoms. The molecule has 4 rings (SSSR count). The van der Waals surface area contributed by atoms with Gasteiger partial charge in [0.25, 0.3) is 5.91 Å². The molecule has 3 amide bonds. The second-order valence-electron chi connectivity index (χ2n) is 8.93. The Balaban J connectivity index is 1.58. The van der Waals surface area contributed by atoms with E-state index in [0.29, 0.717) is 5.56 Å². The number of fused-ring (bicyclic) bond motifs is 3. The molecular formula is C22H29N3O3S. The van der Waals surface area contributed by atoms with Gasteiger partial charge in [-0.15, -0.1) is 11.8 Å². The topological polar surface area (TPSA) is 78.5 Å². The summed E-state index contributed by atoms with van der Waals surface area (Å²) >= 11 is 1.64. The van der Waals surface area contributed by atoms with Gasteiger partial charge >= 0.3 is 0 Å². The molecule has 0 bridgehead atoms. The molecule has 0 radical (unpaired) electrons. The molecule has 4 atom stereocenters. The highest BCUT2D eigenvalue weighted by molar-refractivity contribution is 8.01. The minimum atomic E-state index is -0.627. The van der Waals surface area contributed by atoms with E-state index in [2.05, 4.69) is 10.6 Å². The fourth-order valence-electron chi connectivity index (χ4n) is 4.26. The second-order valence-corrected chi connectivity index (χ2v) is 10.7. The molecule has 2 N–H and O–H groups in total. The zero-order chi connectivity index (χ0) is 20.9. The van der Waals surface area contributed by atoms with Crippen LogP contribution < -0.4 is 10.6 Å². The normalized spacial score (nSPS) is 26.5. The molecule has 2 aliphatic heterocycles. The standard InChI is InChI=1S/C22H29N3O3S/c1-5-12(2)16(18(26)23-13-10-11-13)24-19(27)17-22(3,4)29-21-15-9-7-6-8-14(15)20(28)25(17)21/h6-9,12-13,16-17,21H,5,10-11H2,1-4H3,(H,23,26)(H,24,27)/t12-,16+,17-,21+/m1/s1. The van der Waals surface area contributed by atoms with E-state index in [-0.39, 0.29) is 35.1 Å². The van der Waals surface area contributed by atoms with Crippen LogP contribution >= 0.6 is 11.8 Å². The molecular weight excluding hydrogens is 386 g/mol. The van der Waals surface area contributed by atoms with Gasteiger partial charge in [0.05, 0.1) is 0 Å². The van der Waals surface area contributed by atoms with E-state index in [1.165, 1.54) is 0 Å². The van der Waals surface area contributed by atoms with Crippen molar-refractivity contribution in [1.82, 2.24) is 15.5 Å². The summed E-state index contributed by atoms with van der Waals surface area (Å²) in [4.78, 5) is 41.0. The Morgan fingerprint density at radius 1 is 1.28 bits per heavy atom. The van der Waals surface area contributed by atoms with E-state index in [4.69, 9.17) is 0 Å². The fraction of sp³-hybridized carbons (Fsp3) is 0.591. The van der Waals surface area contributed by atoms with Gasteiger partial charge in [-0.2, -0.15) is 0 Å². The van der Waals surface area contributed by atoms with Crippen molar-refractivity contribution in [2.75, 3.05) is 0 Å². The minimum absolute atomic E-state index is 0.0112. The van der Waals surface area contributed by atoms with Crippen LogP contribution in [0.25, 0.3) is 0 Å². The Kier molecular flexibility index (Phi) is 5.13. The number of carbonyl (C=O) groups excluding carboxylic acids is 3. The van der Waals surface area contributed by atoms with E-state index >= 15 is 0 Å². The van der Waals surface area contributed by atoms with Crippen LogP contribution in [-0.4, -0.2) is 45.5 Å². The minimum Gasteiger partial charge on any atom is -0.352 e. The maximum absolute atomic E-state index is 13.4. The summed E-state index contributed by atoms with van der Waals surface area (Å²) in [5.41, 5.74) is 1.64. The quantitative estimate of drug-likeness (QED) is 0.749. The molecule has 0 aromatic heterocycles. The Bertz CT molecular complexity index is 851. The number of carbonyl (C=O) groups is 3. The second kappa shape index (κ2) is 7.35. The summed E-state index contributed by atoms with van der Waals surface area (Å²) in [7, 11) is 0. The number of benzene rings is 1. The summed E-state index contributed by atoms with van der Waals surface area (Å²) in [6, 6.07) is 6.59. The van der Waals surface area contributed by atoms with Crippen molar-refractivity contribution in [2.45, 2.75) is 75.2 Å². The van der Waals surface area contributed by atoms with Crippen LogP contribution in [0.2, 0.25) is 0 Å². The van der Waals surface area contributed by atoms with Crippen LogP contribution in [-0.2, 0) is 9.59 Å². The lowest BCUT2D eigenvalue weighted by molar-refractivity contribution is -0.133. The van der Waals surface area contributed by atoms with Crippen LogP contribution in [0.15, 0.2) is 24.3 Å². The predicted octanol–water partition coefficient (Wildman–Crippen LogP) is 2.84. The van der Waals surface area contributed by atoms with Crippen LogP contribution in [0.4, 0.5) is 0 Å². The van der Waals surface area contributed by atoms with E-state index < -0.39 is 16.8 Å². The first-order chi connectivity index (χ1) is 13.7. The smallest absolute Gasteiger partial charge is 0.256 e. The molecule has 6 nitrogen and oxygen atoms in total. The Labute approximate surface area is 176 Å². The highest BCUT2D eigenvalue weighted by Gasteiger charge is 2.57. The van der Waals surface area contributed by atoms with Gasteiger partial charge in [-0.3, -0.25) is 14.4 Å². The molecule has 2 heterocycles. The van der Waals surface area contributed by atoms with Crippen LogP contribution in [0.1, 0.15) is 68.3 Å². The highest BCUT2D eigenvalue weighted by atomic mass is 32.2. The first kappa shape index (κ1) is 20.3. The van der Waals surface area contributed by atoms with Crippen molar-refractivity contribution >= 4 is 29.5 Å². The Morgan fingerprint density at radius 3 is 2.62 bits per heavy atom. The highest BCUT2D eigenvalue weighted by Crippen LogP contribution is 2.56. The zero-order valence-corrected chi connectivity index (χ0v) is 18.2. The van der Waals surface area contributed by atoms with Crippen molar-refractivity contribution in [2.24, 2.45) is 5.92 Å². The van der Waals surface area contributed by atoms with Gasteiger partial charge in [0.15, 0.2) is 0 Å². The van der Waals surface area contributed by atoms with Crippen molar-refractivity contribution in [3.63, 3.8) is 0 Å². The summed E-state index contributed by atoms with van der Waals surface area (Å²) < 4.78 is -0.453. The molecule has 1 aliphatic carbocycles. The SMILES string of the molecule is CC[C@@H](C)[C@H](NC(=O)[C@H]1N2C(=O)c3ccccc3[C@@H]2SC1(C)C)C(=O)NC1CC1. The molecule has 1 aromatic carbocycles. The Morgan fingerprint density at radius 2 is 1.97 bits per heavy atom. The number of amides is 3. The summed E-state index contributed by atoms with van der Waals surface area (Å²) in [6.07, 6.45) is 2.78. The number of thioether (sulfide) groups is 1. The zero-order valence-electron chi connectivity index (χ0n) is 17.4. The van der Waals surface area contributed by atoms with E-state index in [1.807, 2.05) is 52.0 Å². The first-order valence-electron chi connectivity index (χ1n) is 10.4. The number of hydrogen-bond donors (Lipinski definition) is 2. The van der Waals surface area contributed by atoms with Crippen molar-refractivity contribution < 1.29 is 14.4 Å². The Hall–Kier alpha value is -2.02. The van der Waals surface area contributed by atoms with E-state index in [1.54, 1.807) is 16.7 Å². The van der Waals surface area contributed by atoms with Gasteiger partial charge in [0, 0.05) is 16.4 Å². The summed E-state index contributed by atoms with van der Waals surface area (Å²) in [6.45, 7) is 7.99. The third kappa shape index (κ3) is 3.54. The molecule has 1 saturated heterocycles. The largest absolute Gasteiger partial charge is 0.352 e. The van der Waals surface area contributed by atoms with Crippen molar-refractivity contribution in [3.05, 3.63) is 35.4 Å². The average molecular weight is 416 g/mol. The molecule has 3 aliphatic rings.